The van der Waals surface area contributed by atoms with Gasteiger partial charge >= 0.3 is 6.18 Å². The number of nitrogens with zero attached hydrogens (tertiary/aromatic N) is 2. The fourth-order valence-corrected chi connectivity index (χ4v) is 2.11. The number of hydrogen-bond acceptors (Lipinski definition) is 3. The van der Waals surface area contributed by atoms with Crippen molar-refractivity contribution in [1.82, 2.24) is 19.9 Å². The van der Waals surface area contributed by atoms with Gasteiger partial charge in [-0.15, -0.1) is 0 Å². The zero-order valence-corrected chi connectivity index (χ0v) is 10.8. The summed E-state index contributed by atoms with van der Waals surface area (Å²) in [4.78, 5) is 13.9. The van der Waals surface area contributed by atoms with Crippen LogP contribution in [0.4, 0.5) is 13.2 Å². The number of hydrogen-bond donors (Lipinski definition) is 3. The average molecular weight is 295 g/mol. The highest BCUT2D eigenvalue weighted by molar-refractivity contribution is 5.76. The molecule has 0 fully saturated rings. The summed E-state index contributed by atoms with van der Waals surface area (Å²) in [5, 5.41) is 0. The smallest absolute Gasteiger partial charge is 0.348 e. The van der Waals surface area contributed by atoms with E-state index in [1.165, 1.54) is 12.4 Å². The molecule has 0 amide bonds. The SMILES string of the molecule is NC(Cc1cnc[nH]1)c1nc2ccc(C(F)(F)F)cc2[nH]1. The second-order valence-corrected chi connectivity index (χ2v) is 4.74. The molecule has 8 heteroatoms. The first-order valence-corrected chi connectivity index (χ1v) is 6.23. The standard InChI is InChI=1S/C13H12F3N5/c14-13(15,16)7-1-2-10-11(3-7)21-12(20-10)9(17)4-8-5-18-6-19-8/h1-3,5-6,9H,4,17H2,(H,18,19)(H,20,21). The van der Waals surface area contributed by atoms with Crippen LogP contribution in [-0.4, -0.2) is 19.9 Å². The van der Waals surface area contributed by atoms with Gasteiger partial charge in [-0.2, -0.15) is 13.2 Å². The molecule has 1 aromatic carbocycles. The Balaban J connectivity index is 1.90. The molecule has 0 saturated heterocycles. The van der Waals surface area contributed by atoms with E-state index in [4.69, 9.17) is 5.73 Å². The topological polar surface area (TPSA) is 83.4 Å². The van der Waals surface area contributed by atoms with Gasteiger partial charge in [0.05, 0.1) is 29.0 Å². The van der Waals surface area contributed by atoms with Gasteiger partial charge in [-0.25, -0.2) is 9.97 Å². The number of H-pyrrole nitrogens is 2. The van der Waals surface area contributed by atoms with Crippen molar-refractivity contribution in [3.05, 3.63) is 47.8 Å². The monoisotopic (exact) mass is 295 g/mol. The predicted octanol–water partition coefficient (Wildman–Crippen LogP) is 2.55. The van der Waals surface area contributed by atoms with Gasteiger partial charge in [0.25, 0.3) is 0 Å². The molecule has 1 atom stereocenters. The Labute approximate surface area is 117 Å². The van der Waals surface area contributed by atoms with Crippen molar-refractivity contribution in [2.75, 3.05) is 0 Å². The van der Waals surface area contributed by atoms with Crippen molar-refractivity contribution in [2.45, 2.75) is 18.6 Å². The Kier molecular flexibility index (Phi) is 3.17. The first kappa shape index (κ1) is 13.6. The van der Waals surface area contributed by atoms with Crippen LogP contribution in [0.1, 0.15) is 23.1 Å². The third-order valence-corrected chi connectivity index (χ3v) is 3.17. The summed E-state index contributed by atoms with van der Waals surface area (Å²) in [6.45, 7) is 0. The van der Waals surface area contributed by atoms with E-state index in [1.807, 2.05) is 0 Å². The summed E-state index contributed by atoms with van der Waals surface area (Å²) >= 11 is 0. The van der Waals surface area contributed by atoms with Crippen molar-refractivity contribution >= 4 is 11.0 Å². The number of aromatic amines is 2. The highest BCUT2D eigenvalue weighted by Crippen LogP contribution is 2.31. The maximum absolute atomic E-state index is 12.7. The molecule has 3 rings (SSSR count). The van der Waals surface area contributed by atoms with Crippen LogP contribution in [0, 0.1) is 0 Å². The highest BCUT2D eigenvalue weighted by atomic mass is 19.4. The summed E-state index contributed by atoms with van der Waals surface area (Å²) in [5.41, 5.74) is 6.90. The van der Waals surface area contributed by atoms with Crippen molar-refractivity contribution in [2.24, 2.45) is 5.73 Å². The van der Waals surface area contributed by atoms with Gasteiger partial charge in [0, 0.05) is 18.3 Å². The van der Waals surface area contributed by atoms with Gasteiger partial charge in [-0.1, -0.05) is 0 Å². The number of alkyl halides is 3. The molecule has 0 aliphatic carbocycles. The Morgan fingerprint density at radius 3 is 2.76 bits per heavy atom. The van der Waals surface area contributed by atoms with Crippen LogP contribution in [0.15, 0.2) is 30.7 Å². The fourth-order valence-electron chi connectivity index (χ4n) is 2.11. The van der Waals surface area contributed by atoms with Gasteiger partial charge in [-0.05, 0) is 18.2 Å². The van der Waals surface area contributed by atoms with Crippen molar-refractivity contribution in [1.29, 1.82) is 0 Å². The summed E-state index contributed by atoms with van der Waals surface area (Å²) in [7, 11) is 0. The Bertz CT molecular complexity index is 745. The zero-order chi connectivity index (χ0) is 15.0. The quantitative estimate of drug-likeness (QED) is 0.694. The van der Waals surface area contributed by atoms with E-state index >= 15 is 0 Å². The second-order valence-electron chi connectivity index (χ2n) is 4.74. The van der Waals surface area contributed by atoms with E-state index in [2.05, 4.69) is 19.9 Å². The molecule has 2 heterocycles. The van der Waals surface area contributed by atoms with Crippen LogP contribution in [0.2, 0.25) is 0 Å². The van der Waals surface area contributed by atoms with Gasteiger partial charge in [-0.3, -0.25) is 0 Å². The minimum Gasteiger partial charge on any atom is -0.348 e. The number of halogens is 3. The number of rotatable bonds is 3. The number of nitrogens with one attached hydrogen (secondary N) is 2. The van der Waals surface area contributed by atoms with Crippen LogP contribution < -0.4 is 5.73 Å². The summed E-state index contributed by atoms with van der Waals surface area (Å²) in [6, 6.07) is 2.93. The van der Waals surface area contributed by atoms with Gasteiger partial charge in [0.1, 0.15) is 5.82 Å². The molecule has 5 nitrogen and oxygen atoms in total. The molecule has 0 bridgehead atoms. The minimum atomic E-state index is -4.38. The molecule has 21 heavy (non-hydrogen) atoms. The normalized spacial score (nSPS) is 13.7. The van der Waals surface area contributed by atoms with Crippen LogP contribution in [0.25, 0.3) is 11.0 Å². The number of nitrogens with two attached hydrogens (primary N) is 1. The molecule has 1 unspecified atom stereocenters. The molecule has 0 aliphatic rings. The van der Waals surface area contributed by atoms with E-state index < -0.39 is 17.8 Å². The van der Waals surface area contributed by atoms with Crippen molar-refractivity contribution in [3.63, 3.8) is 0 Å². The minimum absolute atomic E-state index is 0.319. The molecular weight excluding hydrogens is 283 g/mol. The molecular formula is C13H12F3N5. The molecule has 0 radical (unpaired) electrons. The number of benzene rings is 1. The van der Waals surface area contributed by atoms with Crippen LogP contribution in [0.5, 0.6) is 0 Å². The Hall–Kier alpha value is -2.35. The van der Waals surface area contributed by atoms with E-state index in [0.717, 1.165) is 17.8 Å². The molecule has 0 spiro atoms. The fraction of sp³-hybridized carbons (Fsp3) is 0.231. The van der Waals surface area contributed by atoms with E-state index in [9.17, 15) is 13.2 Å². The molecule has 0 aliphatic heterocycles. The number of aromatic nitrogens is 4. The lowest BCUT2D eigenvalue weighted by Crippen LogP contribution is -2.15. The van der Waals surface area contributed by atoms with Crippen molar-refractivity contribution < 1.29 is 13.2 Å². The van der Waals surface area contributed by atoms with E-state index in [-0.39, 0.29) is 0 Å². The Morgan fingerprint density at radius 2 is 2.10 bits per heavy atom. The van der Waals surface area contributed by atoms with E-state index in [0.29, 0.717) is 23.3 Å². The maximum atomic E-state index is 12.7. The molecule has 0 saturated carbocycles. The molecule has 2 aromatic heterocycles. The predicted molar refractivity (Wildman–Crippen MR) is 70.3 cm³/mol. The van der Waals surface area contributed by atoms with Crippen LogP contribution in [-0.2, 0) is 12.6 Å². The molecule has 3 aromatic rings. The largest absolute Gasteiger partial charge is 0.416 e. The van der Waals surface area contributed by atoms with E-state index in [1.54, 1.807) is 6.20 Å². The third kappa shape index (κ3) is 2.75. The van der Waals surface area contributed by atoms with Gasteiger partial charge in [0.2, 0.25) is 0 Å². The first-order valence-electron chi connectivity index (χ1n) is 6.23. The lowest BCUT2D eigenvalue weighted by atomic mass is 10.2. The first-order chi connectivity index (χ1) is 9.93. The summed E-state index contributed by atoms with van der Waals surface area (Å²) < 4.78 is 38.0. The third-order valence-electron chi connectivity index (χ3n) is 3.17. The maximum Gasteiger partial charge on any atom is 0.416 e. The highest BCUT2D eigenvalue weighted by Gasteiger charge is 2.30. The zero-order valence-electron chi connectivity index (χ0n) is 10.8. The number of imidazole rings is 2. The summed E-state index contributed by atoms with van der Waals surface area (Å²) in [5.74, 6) is 0.443. The van der Waals surface area contributed by atoms with Gasteiger partial charge < -0.3 is 15.7 Å². The second kappa shape index (κ2) is 4.88. The molecule has 4 N–H and O–H groups in total. The van der Waals surface area contributed by atoms with Crippen LogP contribution >= 0.6 is 0 Å². The number of fused-ring (bicyclic) bond motifs is 1. The Morgan fingerprint density at radius 1 is 1.29 bits per heavy atom. The van der Waals surface area contributed by atoms with Crippen molar-refractivity contribution in [3.8, 4) is 0 Å². The van der Waals surface area contributed by atoms with Gasteiger partial charge in [0.15, 0.2) is 0 Å². The average Bonchev–Trinajstić information content (AvgIpc) is 3.04. The lowest BCUT2D eigenvalue weighted by Gasteiger charge is -2.06. The lowest BCUT2D eigenvalue weighted by molar-refractivity contribution is -0.137. The molecule has 110 valence electrons. The van der Waals surface area contributed by atoms with Crippen LogP contribution in [0.3, 0.4) is 0 Å². The summed E-state index contributed by atoms with van der Waals surface area (Å²) in [6.07, 6.45) is -0.732.